The third kappa shape index (κ3) is 2.90. The van der Waals surface area contributed by atoms with Gasteiger partial charge in [0.15, 0.2) is 15.1 Å². The van der Waals surface area contributed by atoms with Gasteiger partial charge in [0.1, 0.15) is 10.6 Å². The summed E-state index contributed by atoms with van der Waals surface area (Å²) in [6.45, 7) is 0. The molecule has 0 aromatic heterocycles. The molecule has 0 aliphatic heterocycles. The Morgan fingerprint density at radius 3 is 2.19 bits per heavy atom. The van der Waals surface area contributed by atoms with Gasteiger partial charge in [-0.25, -0.2) is 8.42 Å². The van der Waals surface area contributed by atoms with Crippen LogP contribution in [0.3, 0.4) is 0 Å². The molecule has 0 radical (unpaired) electrons. The lowest BCUT2D eigenvalue weighted by molar-refractivity contribution is -0.136. The number of hydrogen-bond donors (Lipinski definition) is 1. The van der Waals surface area contributed by atoms with Gasteiger partial charge >= 0.3 is 5.97 Å². The van der Waals surface area contributed by atoms with Crippen molar-refractivity contribution in [3.8, 4) is 5.75 Å². The molecule has 5 nitrogen and oxygen atoms in total. The quantitative estimate of drug-likeness (QED) is 0.916. The van der Waals surface area contributed by atoms with Crippen LogP contribution in [0.25, 0.3) is 0 Å². The summed E-state index contributed by atoms with van der Waals surface area (Å²) in [6.07, 6.45) is 0. The molecule has 0 fully saturated rings. The highest BCUT2D eigenvalue weighted by Crippen LogP contribution is 2.34. The molecule has 0 saturated carbocycles. The number of carboxylic acids is 1. The fourth-order valence-corrected chi connectivity index (χ4v) is 3.80. The highest BCUT2D eigenvalue weighted by molar-refractivity contribution is 7.92. The van der Waals surface area contributed by atoms with Gasteiger partial charge in [0, 0.05) is 0 Å². The first-order valence-corrected chi connectivity index (χ1v) is 7.67. The van der Waals surface area contributed by atoms with Crippen LogP contribution in [0.1, 0.15) is 10.8 Å². The molecule has 0 spiro atoms. The molecule has 0 amide bonds. The first-order valence-electron chi connectivity index (χ1n) is 6.13. The molecule has 110 valence electrons. The number of aliphatic carboxylic acids is 1. The van der Waals surface area contributed by atoms with Crippen molar-refractivity contribution in [3.63, 3.8) is 0 Å². The highest BCUT2D eigenvalue weighted by Gasteiger charge is 2.37. The van der Waals surface area contributed by atoms with Gasteiger partial charge in [-0.05, 0) is 17.7 Å². The number of hydrogen-bond acceptors (Lipinski definition) is 4. The van der Waals surface area contributed by atoms with Crippen molar-refractivity contribution in [1.29, 1.82) is 0 Å². The van der Waals surface area contributed by atoms with Gasteiger partial charge in [-0.3, -0.25) is 4.79 Å². The molecule has 2 aromatic carbocycles. The van der Waals surface area contributed by atoms with Crippen LogP contribution in [0.5, 0.6) is 5.75 Å². The first-order chi connectivity index (χ1) is 9.98. The van der Waals surface area contributed by atoms with E-state index in [1.165, 1.54) is 37.4 Å². The van der Waals surface area contributed by atoms with Crippen molar-refractivity contribution in [3.05, 3.63) is 60.2 Å². The number of carbonyl (C=O) groups is 1. The summed E-state index contributed by atoms with van der Waals surface area (Å²) in [6, 6.07) is 13.8. The molecule has 0 aliphatic rings. The summed E-state index contributed by atoms with van der Waals surface area (Å²) in [5.74, 6) is -1.30. The van der Waals surface area contributed by atoms with E-state index >= 15 is 0 Å². The SMILES string of the molecule is COc1ccccc1S(=O)(=O)C(C(=O)O)c1ccccc1. The van der Waals surface area contributed by atoms with Crippen molar-refractivity contribution in [2.24, 2.45) is 0 Å². The van der Waals surface area contributed by atoms with E-state index in [1.54, 1.807) is 24.3 Å². The summed E-state index contributed by atoms with van der Waals surface area (Å²) in [7, 11) is -2.78. The molecule has 1 N–H and O–H groups in total. The lowest BCUT2D eigenvalue weighted by Crippen LogP contribution is -2.22. The Bertz CT molecular complexity index is 738. The van der Waals surface area contributed by atoms with Crippen LogP contribution in [0.4, 0.5) is 0 Å². The molecule has 1 unspecified atom stereocenters. The van der Waals surface area contributed by atoms with Crippen molar-refractivity contribution < 1.29 is 23.1 Å². The number of benzene rings is 2. The number of carboxylic acid groups (broad SMARTS) is 1. The van der Waals surface area contributed by atoms with Crippen molar-refractivity contribution in [2.45, 2.75) is 10.1 Å². The maximum Gasteiger partial charge on any atom is 0.326 e. The van der Waals surface area contributed by atoms with Crippen LogP contribution >= 0.6 is 0 Å². The summed E-state index contributed by atoms with van der Waals surface area (Å²) in [4.78, 5) is 11.4. The Balaban J connectivity index is 2.62. The summed E-state index contributed by atoms with van der Waals surface area (Å²) >= 11 is 0. The summed E-state index contributed by atoms with van der Waals surface area (Å²) in [5, 5.41) is 7.70. The van der Waals surface area contributed by atoms with Crippen LogP contribution in [0, 0.1) is 0 Å². The van der Waals surface area contributed by atoms with Gasteiger partial charge < -0.3 is 9.84 Å². The predicted octanol–water partition coefficient (Wildman–Crippen LogP) is 2.29. The maximum absolute atomic E-state index is 12.7. The molecule has 0 heterocycles. The molecule has 1 atom stereocenters. The average Bonchev–Trinajstić information content (AvgIpc) is 2.47. The lowest BCUT2D eigenvalue weighted by Gasteiger charge is -2.16. The predicted molar refractivity (Wildman–Crippen MR) is 77.0 cm³/mol. The Kier molecular flexibility index (Phi) is 4.28. The highest BCUT2D eigenvalue weighted by atomic mass is 32.2. The van der Waals surface area contributed by atoms with E-state index in [0.717, 1.165) is 0 Å². The minimum Gasteiger partial charge on any atom is -0.495 e. The average molecular weight is 306 g/mol. The normalized spacial score (nSPS) is 12.6. The Morgan fingerprint density at radius 2 is 1.62 bits per heavy atom. The van der Waals surface area contributed by atoms with Crippen LogP contribution < -0.4 is 4.74 Å². The zero-order chi connectivity index (χ0) is 15.5. The molecular weight excluding hydrogens is 292 g/mol. The van der Waals surface area contributed by atoms with Crippen LogP contribution in [-0.2, 0) is 14.6 Å². The third-order valence-electron chi connectivity index (χ3n) is 3.01. The second-order valence-electron chi connectivity index (χ2n) is 4.32. The van der Waals surface area contributed by atoms with E-state index in [9.17, 15) is 18.3 Å². The van der Waals surface area contributed by atoms with Crippen LogP contribution in [0.2, 0.25) is 0 Å². The van der Waals surface area contributed by atoms with Gasteiger partial charge in [0.2, 0.25) is 0 Å². The molecule has 0 bridgehead atoms. The third-order valence-corrected chi connectivity index (χ3v) is 5.06. The zero-order valence-corrected chi connectivity index (χ0v) is 12.1. The monoisotopic (exact) mass is 306 g/mol. The number of rotatable bonds is 5. The molecule has 2 rings (SSSR count). The van der Waals surface area contributed by atoms with E-state index in [-0.39, 0.29) is 16.2 Å². The van der Waals surface area contributed by atoms with Gasteiger partial charge in [-0.2, -0.15) is 0 Å². The van der Waals surface area contributed by atoms with Crippen LogP contribution in [-0.4, -0.2) is 26.6 Å². The number of ether oxygens (including phenoxy) is 1. The fraction of sp³-hybridized carbons (Fsp3) is 0.133. The van der Waals surface area contributed by atoms with E-state index < -0.39 is 21.1 Å². The Labute approximate surface area is 122 Å². The molecule has 0 aliphatic carbocycles. The lowest BCUT2D eigenvalue weighted by atomic mass is 10.1. The number of sulfone groups is 1. The minimum atomic E-state index is -4.12. The Morgan fingerprint density at radius 1 is 1.05 bits per heavy atom. The smallest absolute Gasteiger partial charge is 0.326 e. The Hall–Kier alpha value is -2.34. The summed E-state index contributed by atoms with van der Waals surface area (Å²) in [5.41, 5.74) is 0.205. The molecule has 2 aromatic rings. The van der Waals surface area contributed by atoms with Crippen molar-refractivity contribution in [2.75, 3.05) is 7.11 Å². The van der Waals surface area contributed by atoms with Gasteiger partial charge in [-0.1, -0.05) is 42.5 Å². The topological polar surface area (TPSA) is 80.7 Å². The summed E-state index contributed by atoms with van der Waals surface area (Å²) < 4.78 is 30.4. The molecule has 6 heteroatoms. The largest absolute Gasteiger partial charge is 0.495 e. The molecule has 21 heavy (non-hydrogen) atoms. The van der Waals surface area contributed by atoms with Crippen LogP contribution in [0.15, 0.2) is 59.5 Å². The van der Waals surface area contributed by atoms with E-state index in [2.05, 4.69) is 0 Å². The van der Waals surface area contributed by atoms with Crippen molar-refractivity contribution >= 4 is 15.8 Å². The maximum atomic E-state index is 12.7. The van der Waals surface area contributed by atoms with Gasteiger partial charge in [0.05, 0.1) is 7.11 Å². The zero-order valence-electron chi connectivity index (χ0n) is 11.3. The second kappa shape index (κ2) is 5.97. The number of methoxy groups -OCH3 is 1. The van der Waals surface area contributed by atoms with E-state index in [0.29, 0.717) is 0 Å². The second-order valence-corrected chi connectivity index (χ2v) is 6.33. The van der Waals surface area contributed by atoms with E-state index in [4.69, 9.17) is 4.74 Å². The first kappa shape index (κ1) is 15.1. The fourth-order valence-electron chi connectivity index (χ4n) is 2.06. The molecule has 0 saturated heterocycles. The van der Waals surface area contributed by atoms with Crippen molar-refractivity contribution in [1.82, 2.24) is 0 Å². The number of para-hydroxylation sites is 1. The minimum absolute atomic E-state index is 0.125. The van der Waals surface area contributed by atoms with Gasteiger partial charge in [0.25, 0.3) is 0 Å². The van der Waals surface area contributed by atoms with Gasteiger partial charge in [-0.15, -0.1) is 0 Å². The standard InChI is InChI=1S/C15H14O5S/c1-20-12-9-5-6-10-13(12)21(18,19)14(15(16)17)11-7-3-2-4-8-11/h2-10,14H,1H3,(H,16,17). The molecular formula is C15H14O5S. The van der Waals surface area contributed by atoms with E-state index in [1.807, 2.05) is 0 Å².